The minimum Gasteiger partial charge on any atom is -0.313 e. The van der Waals surface area contributed by atoms with Gasteiger partial charge < -0.3 is 10.6 Å². The molecule has 212 valence electrons. The molecule has 7 rings (SSSR count). The molecule has 6 heteroatoms. The van der Waals surface area contributed by atoms with Crippen LogP contribution in [0.2, 0.25) is 39.3 Å². The molecule has 4 bridgehead atoms. The lowest BCUT2D eigenvalue weighted by Crippen LogP contribution is -2.62. The average molecular weight is 587 g/mol. The molecular weight excluding hydrogens is 530 g/mol. The van der Waals surface area contributed by atoms with E-state index in [2.05, 4.69) is 80.5 Å². The van der Waals surface area contributed by atoms with Gasteiger partial charge in [0.05, 0.1) is 16.1 Å². The fourth-order valence-corrected chi connectivity index (χ4v) is 17.2. The molecule has 6 aliphatic rings. The molecule has 2 aliphatic heterocycles. The van der Waals surface area contributed by atoms with E-state index in [1.165, 1.54) is 77.0 Å². The molecule has 38 heavy (non-hydrogen) atoms. The largest absolute Gasteiger partial charge is 0.313 e. The summed E-state index contributed by atoms with van der Waals surface area (Å²) in [5.41, 5.74) is 3.91. The topological polar surface area (TPSA) is 24.1 Å². The van der Waals surface area contributed by atoms with Crippen LogP contribution in [0.5, 0.6) is 0 Å². The van der Waals surface area contributed by atoms with E-state index in [4.69, 9.17) is 0 Å². The zero-order chi connectivity index (χ0) is 27.1. The minimum absolute atomic E-state index is 0.0657. The van der Waals surface area contributed by atoms with Crippen LogP contribution < -0.4 is 21.0 Å². The Bertz CT molecular complexity index is 1000. The highest BCUT2D eigenvalue weighted by Crippen LogP contribution is 2.65. The van der Waals surface area contributed by atoms with Crippen molar-refractivity contribution >= 4 is 45.0 Å². The van der Waals surface area contributed by atoms with Crippen molar-refractivity contribution in [1.29, 1.82) is 0 Å². The van der Waals surface area contributed by atoms with Crippen LogP contribution in [-0.2, 0) is 10.6 Å². The Morgan fingerprint density at radius 2 is 1.26 bits per heavy atom. The van der Waals surface area contributed by atoms with Crippen LogP contribution in [0.15, 0.2) is 12.1 Å². The van der Waals surface area contributed by atoms with E-state index in [1.807, 2.05) is 5.56 Å². The second kappa shape index (κ2) is 10.0. The Balaban J connectivity index is 1.65. The number of benzene rings is 1. The van der Waals surface area contributed by atoms with E-state index in [9.17, 15) is 0 Å². The summed E-state index contributed by atoms with van der Waals surface area (Å²) >= 11 is 0. The number of nitrogens with one attached hydrogen (secondary N) is 2. The lowest BCUT2D eigenvalue weighted by Gasteiger charge is -2.63. The van der Waals surface area contributed by atoms with Crippen LogP contribution >= 0.6 is 18.5 Å². The molecule has 1 aromatic carbocycles. The molecule has 2 saturated heterocycles. The van der Waals surface area contributed by atoms with Gasteiger partial charge in [-0.25, -0.2) is 0 Å². The first-order chi connectivity index (χ1) is 17.9. The van der Waals surface area contributed by atoms with Gasteiger partial charge in [-0.3, -0.25) is 0 Å². The summed E-state index contributed by atoms with van der Waals surface area (Å²) in [6, 6.07) is 6.87. The van der Waals surface area contributed by atoms with Gasteiger partial charge >= 0.3 is 0 Å². The summed E-state index contributed by atoms with van der Waals surface area (Å²) in [4.78, 5) is 0. The highest BCUT2D eigenvalue weighted by atomic mass is 31.0. The van der Waals surface area contributed by atoms with Gasteiger partial charge in [0.2, 0.25) is 0 Å². The molecule has 2 heterocycles. The lowest BCUT2D eigenvalue weighted by atomic mass is 9.43. The SMILES string of the molecule is C[Si](C)(C)c1cc(C(P)(C2CCCN2)C2CCCN2)c(C2(CP)C3CC4CC(C3)CC2C4)cc1[Si](C)(C)C. The minimum atomic E-state index is -1.54. The maximum Gasteiger partial charge on any atom is 0.0774 e. The van der Waals surface area contributed by atoms with E-state index in [-0.39, 0.29) is 5.16 Å². The zero-order valence-corrected chi connectivity index (χ0v) is 29.6. The Labute approximate surface area is 240 Å². The third-order valence-corrected chi connectivity index (χ3v) is 18.0. The second-order valence-corrected chi connectivity index (χ2v) is 27.7. The molecule has 4 saturated carbocycles. The van der Waals surface area contributed by atoms with Crippen molar-refractivity contribution in [2.45, 2.75) is 120 Å². The monoisotopic (exact) mass is 586 g/mol. The number of hydrogen-bond donors (Lipinski definition) is 2. The predicted octanol–water partition coefficient (Wildman–Crippen LogP) is 5.92. The summed E-state index contributed by atoms with van der Waals surface area (Å²) in [6.45, 7) is 18.0. The summed E-state index contributed by atoms with van der Waals surface area (Å²) < 4.78 is 0. The van der Waals surface area contributed by atoms with Crippen LogP contribution in [0, 0.1) is 23.7 Å². The molecule has 6 fully saturated rings. The normalized spacial score (nSPS) is 38.6. The van der Waals surface area contributed by atoms with Crippen LogP contribution in [0.4, 0.5) is 0 Å². The molecule has 0 spiro atoms. The van der Waals surface area contributed by atoms with Crippen LogP contribution in [0.1, 0.15) is 68.9 Å². The van der Waals surface area contributed by atoms with Crippen LogP contribution in [-0.4, -0.2) is 47.5 Å². The summed E-state index contributed by atoms with van der Waals surface area (Å²) in [7, 11) is 3.86. The van der Waals surface area contributed by atoms with E-state index in [1.54, 1.807) is 15.9 Å². The van der Waals surface area contributed by atoms with Crippen molar-refractivity contribution in [2.24, 2.45) is 23.7 Å². The first kappa shape index (κ1) is 28.5. The Kier molecular flexibility index (Phi) is 7.53. The predicted molar refractivity (Wildman–Crippen MR) is 179 cm³/mol. The molecular formula is C32H56N2P2Si2. The first-order valence-electron chi connectivity index (χ1n) is 16.0. The molecule has 0 amide bonds. The summed E-state index contributed by atoms with van der Waals surface area (Å²) in [6.07, 6.45) is 14.0. The third-order valence-electron chi connectivity index (χ3n) is 11.9. The Hall–Kier alpha value is 0.434. The molecule has 0 radical (unpaired) electrons. The average Bonchev–Trinajstić information content (AvgIpc) is 3.57. The fourth-order valence-electron chi connectivity index (χ4n) is 10.3. The van der Waals surface area contributed by atoms with Crippen molar-refractivity contribution in [3.05, 3.63) is 23.3 Å². The van der Waals surface area contributed by atoms with Gasteiger partial charge in [0, 0.05) is 22.7 Å². The molecule has 1 aromatic rings. The highest BCUT2D eigenvalue weighted by Gasteiger charge is 2.59. The zero-order valence-electron chi connectivity index (χ0n) is 25.3. The van der Waals surface area contributed by atoms with Gasteiger partial charge in [-0.1, -0.05) is 61.8 Å². The lowest BCUT2D eigenvalue weighted by molar-refractivity contribution is -0.0506. The smallest absolute Gasteiger partial charge is 0.0774 e. The quantitative estimate of drug-likeness (QED) is 0.306. The molecule has 4 unspecified atom stereocenters. The van der Waals surface area contributed by atoms with Gasteiger partial charge in [0.15, 0.2) is 0 Å². The first-order valence-corrected chi connectivity index (χ1v) is 24.4. The van der Waals surface area contributed by atoms with Crippen LogP contribution in [0.25, 0.3) is 0 Å². The van der Waals surface area contributed by atoms with E-state index in [0.717, 1.165) is 23.7 Å². The highest BCUT2D eigenvalue weighted by molar-refractivity contribution is 7.18. The van der Waals surface area contributed by atoms with Crippen molar-refractivity contribution < 1.29 is 0 Å². The van der Waals surface area contributed by atoms with Gasteiger partial charge in [-0.05, 0) is 112 Å². The van der Waals surface area contributed by atoms with Gasteiger partial charge in [-0.2, -0.15) is 0 Å². The van der Waals surface area contributed by atoms with Gasteiger partial charge in [-0.15, -0.1) is 18.5 Å². The molecule has 2 N–H and O–H groups in total. The van der Waals surface area contributed by atoms with Gasteiger partial charge in [0.1, 0.15) is 0 Å². The summed E-state index contributed by atoms with van der Waals surface area (Å²) in [5, 5.41) is 11.8. The standard InChI is InChI=1S/C32H56N2P2Si2/c1-37(2,3)27-18-25(31(20-35)23-14-21-13-22(16-23)17-24(31)15-21)26(19-28(27)38(4,5)6)32(36,29-9-7-11-33-29)30-10-8-12-34-30/h18-19,21-24,29-30,33-34H,7-17,20,35-36H2,1-6H3. The number of hydrogen-bond acceptors (Lipinski definition) is 2. The third kappa shape index (κ3) is 4.45. The van der Waals surface area contributed by atoms with Gasteiger partial charge in [0.25, 0.3) is 0 Å². The maximum atomic E-state index is 4.05. The maximum absolute atomic E-state index is 4.05. The van der Waals surface area contributed by atoms with Crippen molar-refractivity contribution in [3.8, 4) is 0 Å². The Morgan fingerprint density at radius 3 is 1.66 bits per heavy atom. The molecule has 4 atom stereocenters. The van der Waals surface area contributed by atoms with Crippen molar-refractivity contribution in [1.82, 2.24) is 10.6 Å². The summed E-state index contributed by atoms with van der Waals surface area (Å²) in [5.74, 6) is 3.78. The number of rotatable bonds is 7. The fraction of sp³-hybridized carbons (Fsp3) is 0.812. The molecule has 2 nitrogen and oxygen atoms in total. The molecule has 4 aliphatic carbocycles. The van der Waals surface area contributed by atoms with E-state index in [0.29, 0.717) is 17.5 Å². The molecule has 0 aromatic heterocycles. The van der Waals surface area contributed by atoms with E-state index < -0.39 is 16.1 Å². The Morgan fingerprint density at radius 1 is 0.789 bits per heavy atom. The van der Waals surface area contributed by atoms with E-state index >= 15 is 0 Å². The second-order valence-electron chi connectivity index (χ2n) is 16.2. The van der Waals surface area contributed by atoms with Crippen molar-refractivity contribution in [3.63, 3.8) is 0 Å². The van der Waals surface area contributed by atoms with Crippen LogP contribution in [0.3, 0.4) is 0 Å². The van der Waals surface area contributed by atoms with Crippen molar-refractivity contribution in [2.75, 3.05) is 19.3 Å².